The Bertz CT molecular complexity index is 490. The van der Waals surface area contributed by atoms with Crippen LogP contribution in [0.3, 0.4) is 0 Å². The molecule has 0 radical (unpaired) electrons. The summed E-state index contributed by atoms with van der Waals surface area (Å²) in [5, 5.41) is 7.75. The smallest absolute Gasteiger partial charge is 0.0518 e. The van der Waals surface area contributed by atoms with Crippen LogP contribution in [0.5, 0.6) is 0 Å². The molecule has 0 aliphatic rings. The highest BCUT2D eigenvalue weighted by atomic mass is 79.9. The fourth-order valence-corrected chi connectivity index (χ4v) is 2.26. The topological polar surface area (TPSA) is 29.9 Å². The van der Waals surface area contributed by atoms with Crippen LogP contribution < -0.4 is 5.32 Å². The molecule has 0 aliphatic heterocycles. The van der Waals surface area contributed by atoms with Crippen molar-refractivity contribution in [2.24, 2.45) is 7.05 Å². The molecule has 2 aromatic rings. The normalized spacial score (nSPS) is 12.6. The molecule has 1 aromatic heterocycles. The largest absolute Gasteiger partial charge is 0.304 e. The average molecular weight is 308 g/mol. The third kappa shape index (κ3) is 3.21. The van der Waals surface area contributed by atoms with Crippen LogP contribution in [-0.2, 0) is 13.6 Å². The Balaban J connectivity index is 2.01. The predicted octanol–water partition coefficient (Wildman–Crippen LogP) is 3.42. The van der Waals surface area contributed by atoms with Crippen molar-refractivity contribution < 1.29 is 0 Å². The van der Waals surface area contributed by atoms with Gasteiger partial charge in [-0.1, -0.05) is 35.0 Å². The van der Waals surface area contributed by atoms with Crippen molar-refractivity contribution in [1.29, 1.82) is 0 Å². The van der Waals surface area contributed by atoms with Crippen molar-refractivity contribution in [3.05, 3.63) is 52.3 Å². The maximum absolute atomic E-state index is 4.18. The van der Waals surface area contributed by atoms with Crippen molar-refractivity contribution in [3.8, 4) is 0 Å². The van der Waals surface area contributed by atoms with Crippen molar-refractivity contribution in [2.75, 3.05) is 0 Å². The van der Waals surface area contributed by atoms with Gasteiger partial charge in [-0.3, -0.25) is 4.68 Å². The van der Waals surface area contributed by atoms with E-state index >= 15 is 0 Å². The lowest BCUT2D eigenvalue weighted by Gasteiger charge is -2.17. The summed E-state index contributed by atoms with van der Waals surface area (Å²) in [5.41, 5.74) is 2.52. The Morgan fingerprint density at radius 1 is 1.28 bits per heavy atom. The number of nitrogens with one attached hydrogen (secondary N) is 1. The number of halogens is 1. The minimum Gasteiger partial charge on any atom is -0.304 e. The van der Waals surface area contributed by atoms with E-state index in [1.807, 2.05) is 24.0 Å². The molecule has 0 saturated carbocycles. The second kappa shape index (κ2) is 6.16. The van der Waals surface area contributed by atoms with E-state index in [2.05, 4.69) is 57.5 Å². The third-order valence-corrected chi connectivity index (χ3v) is 3.66. The highest BCUT2D eigenvalue weighted by Crippen LogP contribution is 2.19. The minimum atomic E-state index is 0.382. The quantitative estimate of drug-likeness (QED) is 0.917. The van der Waals surface area contributed by atoms with Crippen LogP contribution >= 0.6 is 15.9 Å². The lowest BCUT2D eigenvalue weighted by Crippen LogP contribution is -2.21. The summed E-state index contributed by atoms with van der Waals surface area (Å²) in [6.45, 7) is 3.04. The van der Waals surface area contributed by atoms with Gasteiger partial charge in [0.05, 0.1) is 5.69 Å². The maximum Gasteiger partial charge on any atom is 0.0518 e. The van der Waals surface area contributed by atoms with Gasteiger partial charge in [0.25, 0.3) is 0 Å². The number of aromatic nitrogens is 2. The van der Waals surface area contributed by atoms with Gasteiger partial charge in [0.15, 0.2) is 0 Å². The van der Waals surface area contributed by atoms with Crippen LogP contribution in [0.25, 0.3) is 0 Å². The Labute approximate surface area is 116 Å². The summed E-state index contributed by atoms with van der Waals surface area (Å²) in [4.78, 5) is 0. The number of rotatable bonds is 5. The van der Waals surface area contributed by atoms with Gasteiger partial charge in [-0.05, 0) is 30.2 Å². The van der Waals surface area contributed by atoms with Gasteiger partial charge in [-0.2, -0.15) is 5.10 Å². The van der Waals surface area contributed by atoms with E-state index in [0.717, 1.165) is 17.4 Å². The first-order valence-corrected chi connectivity index (χ1v) is 6.95. The highest BCUT2D eigenvalue weighted by molar-refractivity contribution is 9.10. The van der Waals surface area contributed by atoms with Crippen molar-refractivity contribution in [2.45, 2.75) is 25.9 Å². The molecule has 0 spiro atoms. The van der Waals surface area contributed by atoms with Crippen LogP contribution in [0.1, 0.15) is 30.6 Å². The second-order valence-corrected chi connectivity index (χ2v) is 5.26. The molecule has 0 fully saturated rings. The van der Waals surface area contributed by atoms with Gasteiger partial charge >= 0.3 is 0 Å². The predicted molar refractivity (Wildman–Crippen MR) is 77.2 cm³/mol. The van der Waals surface area contributed by atoms with E-state index in [9.17, 15) is 0 Å². The summed E-state index contributed by atoms with van der Waals surface area (Å²) < 4.78 is 3.02. The standard InChI is InChI=1S/C14H18BrN3/c1-3-14(11-4-6-12(15)7-5-11)16-10-13-8-9-17-18(13)2/h4-9,14,16H,3,10H2,1-2H3. The van der Waals surface area contributed by atoms with E-state index in [4.69, 9.17) is 0 Å². The summed E-state index contributed by atoms with van der Waals surface area (Å²) in [7, 11) is 1.97. The molecule has 1 N–H and O–H groups in total. The first-order valence-electron chi connectivity index (χ1n) is 6.16. The molecule has 1 atom stereocenters. The molecular weight excluding hydrogens is 290 g/mol. The van der Waals surface area contributed by atoms with E-state index in [1.54, 1.807) is 0 Å². The maximum atomic E-state index is 4.18. The zero-order chi connectivity index (χ0) is 13.0. The molecule has 1 aromatic carbocycles. The number of hydrogen-bond acceptors (Lipinski definition) is 2. The molecule has 1 heterocycles. The first kappa shape index (κ1) is 13.3. The van der Waals surface area contributed by atoms with Gasteiger partial charge in [0.2, 0.25) is 0 Å². The molecule has 3 nitrogen and oxygen atoms in total. The van der Waals surface area contributed by atoms with Gasteiger partial charge in [0.1, 0.15) is 0 Å². The molecular formula is C14H18BrN3. The van der Waals surface area contributed by atoms with Crippen LogP contribution in [-0.4, -0.2) is 9.78 Å². The van der Waals surface area contributed by atoms with Gasteiger partial charge < -0.3 is 5.32 Å². The molecule has 0 aliphatic carbocycles. The Morgan fingerprint density at radius 3 is 2.56 bits per heavy atom. The SMILES string of the molecule is CCC(NCc1ccnn1C)c1ccc(Br)cc1. The molecule has 0 bridgehead atoms. The highest BCUT2D eigenvalue weighted by Gasteiger charge is 2.09. The fourth-order valence-electron chi connectivity index (χ4n) is 2.00. The van der Waals surface area contributed by atoms with Crippen LogP contribution in [0, 0.1) is 0 Å². The van der Waals surface area contributed by atoms with Crippen LogP contribution in [0.15, 0.2) is 41.0 Å². The third-order valence-electron chi connectivity index (χ3n) is 3.13. The lowest BCUT2D eigenvalue weighted by atomic mass is 10.0. The molecule has 2 rings (SSSR count). The van der Waals surface area contributed by atoms with E-state index in [0.29, 0.717) is 6.04 Å². The Kier molecular flexibility index (Phi) is 4.55. The summed E-state index contributed by atoms with van der Waals surface area (Å²) in [6, 6.07) is 10.9. The molecule has 0 amide bonds. The molecule has 4 heteroatoms. The monoisotopic (exact) mass is 307 g/mol. The minimum absolute atomic E-state index is 0.382. The summed E-state index contributed by atoms with van der Waals surface area (Å²) >= 11 is 3.46. The zero-order valence-electron chi connectivity index (χ0n) is 10.7. The fraction of sp³-hybridized carbons (Fsp3) is 0.357. The summed E-state index contributed by atoms with van der Waals surface area (Å²) in [5.74, 6) is 0. The molecule has 96 valence electrons. The first-order chi connectivity index (χ1) is 8.70. The van der Waals surface area contributed by atoms with E-state index in [1.165, 1.54) is 11.3 Å². The van der Waals surface area contributed by atoms with Gasteiger partial charge in [-0.15, -0.1) is 0 Å². The number of hydrogen-bond donors (Lipinski definition) is 1. The van der Waals surface area contributed by atoms with E-state index in [-0.39, 0.29) is 0 Å². The van der Waals surface area contributed by atoms with Crippen LogP contribution in [0.4, 0.5) is 0 Å². The van der Waals surface area contributed by atoms with Gasteiger partial charge in [0, 0.05) is 30.3 Å². The average Bonchev–Trinajstić information content (AvgIpc) is 2.78. The van der Waals surface area contributed by atoms with Crippen molar-refractivity contribution in [1.82, 2.24) is 15.1 Å². The zero-order valence-corrected chi connectivity index (χ0v) is 12.3. The Morgan fingerprint density at radius 2 is 2.00 bits per heavy atom. The lowest BCUT2D eigenvalue weighted by molar-refractivity contribution is 0.503. The number of nitrogens with zero attached hydrogens (tertiary/aromatic N) is 2. The van der Waals surface area contributed by atoms with E-state index < -0.39 is 0 Å². The molecule has 0 saturated heterocycles. The van der Waals surface area contributed by atoms with Crippen LogP contribution in [0.2, 0.25) is 0 Å². The molecule has 18 heavy (non-hydrogen) atoms. The summed E-state index contributed by atoms with van der Waals surface area (Å²) in [6.07, 6.45) is 2.90. The van der Waals surface area contributed by atoms with Crippen molar-refractivity contribution in [3.63, 3.8) is 0 Å². The van der Waals surface area contributed by atoms with Gasteiger partial charge in [-0.25, -0.2) is 0 Å². The second-order valence-electron chi connectivity index (χ2n) is 4.34. The number of aryl methyl sites for hydroxylation is 1. The molecule has 1 unspecified atom stereocenters. The van der Waals surface area contributed by atoms with Crippen molar-refractivity contribution >= 4 is 15.9 Å². The Hall–Kier alpha value is -1.13. The number of benzene rings is 1.